The van der Waals surface area contributed by atoms with Gasteiger partial charge in [0.25, 0.3) is 5.91 Å². The van der Waals surface area contributed by atoms with Crippen LogP contribution < -0.4 is 10.6 Å². The summed E-state index contributed by atoms with van der Waals surface area (Å²) in [5.74, 6) is 1.46. The highest BCUT2D eigenvalue weighted by Gasteiger charge is 2.17. The Morgan fingerprint density at radius 2 is 1.82 bits per heavy atom. The van der Waals surface area contributed by atoms with E-state index in [0.717, 1.165) is 30.8 Å². The third kappa shape index (κ3) is 3.60. The van der Waals surface area contributed by atoms with Gasteiger partial charge in [0.05, 0.1) is 5.56 Å². The maximum absolute atomic E-state index is 11.9. The molecule has 1 aromatic heterocycles. The molecule has 0 aliphatic heterocycles. The number of carbonyl (C=O) groups is 1. The van der Waals surface area contributed by atoms with Crippen LogP contribution in [-0.2, 0) is 0 Å². The lowest BCUT2D eigenvalue weighted by Crippen LogP contribution is -2.32. The van der Waals surface area contributed by atoms with Gasteiger partial charge in [-0.15, -0.1) is 0 Å². The third-order valence-corrected chi connectivity index (χ3v) is 2.80. The molecule has 4 nitrogen and oxygen atoms in total. The Morgan fingerprint density at radius 1 is 1.12 bits per heavy atom. The van der Waals surface area contributed by atoms with E-state index >= 15 is 0 Å². The van der Waals surface area contributed by atoms with Crippen LogP contribution in [0.4, 0.5) is 0 Å². The monoisotopic (exact) mass is 238 g/mol. The summed E-state index contributed by atoms with van der Waals surface area (Å²) in [6, 6.07) is 0. The summed E-state index contributed by atoms with van der Waals surface area (Å²) >= 11 is 0. The number of amides is 1. The maximum atomic E-state index is 11.9. The topological polar surface area (TPSA) is 54.3 Å². The molecule has 0 aliphatic carbocycles. The van der Waals surface area contributed by atoms with E-state index < -0.39 is 0 Å². The first-order valence-corrected chi connectivity index (χ1v) is 6.13. The minimum Gasteiger partial charge on any atom is -0.466 e. The highest BCUT2D eigenvalue weighted by Crippen LogP contribution is 2.20. The Hall–Kier alpha value is -1.29. The van der Waals surface area contributed by atoms with Gasteiger partial charge in [-0.1, -0.05) is 6.92 Å². The van der Waals surface area contributed by atoms with Crippen LogP contribution in [0.25, 0.3) is 0 Å². The van der Waals surface area contributed by atoms with Gasteiger partial charge in [-0.25, -0.2) is 0 Å². The van der Waals surface area contributed by atoms with Crippen LogP contribution in [0, 0.1) is 20.8 Å². The minimum atomic E-state index is -0.0462. The molecule has 1 heterocycles. The molecule has 0 unspecified atom stereocenters. The van der Waals surface area contributed by atoms with Crippen molar-refractivity contribution >= 4 is 5.91 Å². The molecule has 0 spiro atoms. The highest BCUT2D eigenvalue weighted by molar-refractivity contribution is 5.96. The smallest absolute Gasteiger partial charge is 0.255 e. The van der Waals surface area contributed by atoms with E-state index in [-0.39, 0.29) is 5.91 Å². The first-order valence-electron chi connectivity index (χ1n) is 6.13. The molecule has 1 aromatic rings. The lowest BCUT2D eigenvalue weighted by Gasteiger charge is -2.06. The summed E-state index contributed by atoms with van der Waals surface area (Å²) in [7, 11) is 0. The second kappa shape index (κ2) is 6.45. The van der Waals surface area contributed by atoms with Gasteiger partial charge in [-0.05, 0) is 33.7 Å². The van der Waals surface area contributed by atoms with Crippen molar-refractivity contribution in [3.8, 4) is 0 Å². The van der Waals surface area contributed by atoms with E-state index in [0.29, 0.717) is 17.9 Å². The zero-order valence-corrected chi connectivity index (χ0v) is 11.1. The van der Waals surface area contributed by atoms with Crippen LogP contribution in [0.1, 0.15) is 40.8 Å². The molecule has 96 valence electrons. The van der Waals surface area contributed by atoms with Gasteiger partial charge in [0, 0.05) is 18.7 Å². The minimum absolute atomic E-state index is 0.0462. The summed E-state index contributed by atoms with van der Waals surface area (Å²) < 4.78 is 5.43. The molecule has 1 rings (SSSR count). The molecular weight excluding hydrogens is 216 g/mol. The molecule has 0 atom stereocenters. The van der Waals surface area contributed by atoms with E-state index in [1.165, 1.54) is 0 Å². The zero-order chi connectivity index (χ0) is 12.8. The van der Waals surface area contributed by atoms with Crippen LogP contribution in [-0.4, -0.2) is 25.5 Å². The van der Waals surface area contributed by atoms with Crippen molar-refractivity contribution in [3.05, 3.63) is 22.6 Å². The van der Waals surface area contributed by atoms with Crippen molar-refractivity contribution in [2.24, 2.45) is 0 Å². The standard InChI is InChI=1S/C13H22N2O2/c1-5-6-14-7-8-15-13(16)12-9(2)10(3)17-11(12)4/h14H,5-8H2,1-4H3,(H,15,16). The summed E-state index contributed by atoms with van der Waals surface area (Å²) in [4.78, 5) is 11.9. The first kappa shape index (κ1) is 13.8. The number of nitrogens with one attached hydrogen (secondary N) is 2. The molecule has 0 aromatic carbocycles. The molecule has 0 radical (unpaired) electrons. The number of hydrogen-bond acceptors (Lipinski definition) is 3. The van der Waals surface area contributed by atoms with Crippen molar-refractivity contribution in [1.29, 1.82) is 0 Å². The van der Waals surface area contributed by atoms with Gasteiger partial charge in [0.15, 0.2) is 0 Å². The Balaban J connectivity index is 2.47. The number of rotatable bonds is 6. The fourth-order valence-corrected chi connectivity index (χ4v) is 1.78. The number of furan rings is 1. The van der Waals surface area contributed by atoms with E-state index in [1.54, 1.807) is 0 Å². The second-order valence-electron chi connectivity index (χ2n) is 4.22. The Bertz CT molecular complexity index is 383. The predicted octanol–water partition coefficient (Wildman–Crippen LogP) is 1.93. The quantitative estimate of drug-likeness (QED) is 0.745. The largest absolute Gasteiger partial charge is 0.466 e. The molecule has 4 heteroatoms. The fraction of sp³-hybridized carbons (Fsp3) is 0.615. The second-order valence-corrected chi connectivity index (χ2v) is 4.22. The van der Waals surface area contributed by atoms with E-state index in [2.05, 4.69) is 17.6 Å². The predicted molar refractivity (Wildman–Crippen MR) is 68.4 cm³/mol. The average molecular weight is 238 g/mol. The van der Waals surface area contributed by atoms with Crippen LogP contribution in [0.15, 0.2) is 4.42 Å². The van der Waals surface area contributed by atoms with Gasteiger partial charge in [0.2, 0.25) is 0 Å². The lowest BCUT2D eigenvalue weighted by atomic mass is 10.1. The molecular formula is C13H22N2O2. The van der Waals surface area contributed by atoms with Gasteiger partial charge in [0.1, 0.15) is 11.5 Å². The SMILES string of the molecule is CCCNCCNC(=O)c1c(C)oc(C)c1C. The van der Waals surface area contributed by atoms with Crippen LogP contribution in [0.2, 0.25) is 0 Å². The van der Waals surface area contributed by atoms with Crippen LogP contribution in [0.3, 0.4) is 0 Å². The van der Waals surface area contributed by atoms with E-state index in [1.807, 2.05) is 20.8 Å². The van der Waals surface area contributed by atoms with Gasteiger partial charge >= 0.3 is 0 Å². The third-order valence-electron chi connectivity index (χ3n) is 2.80. The Morgan fingerprint density at radius 3 is 2.35 bits per heavy atom. The number of carbonyl (C=O) groups excluding carboxylic acids is 1. The molecule has 0 fully saturated rings. The van der Waals surface area contributed by atoms with Gasteiger partial charge < -0.3 is 15.1 Å². The first-order chi connectivity index (χ1) is 8.07. The summed E-state index contributed by atoms with van der Waals surface area (Å²) in [6.07, 6.45) is 1.10. The number of hydrogen-bond donors (Lipinski definition) is 2. The van der Waals surface area contributed by atoms with Crippen molar-refractivity contribution < 1.29 is 9.21 Å². The van der Waals surface area contributed by atoms with Crippen LogP contribution >= 0.6 is 0 Å². The Kier molecular flexibility index (Phi) is 5.22. The molecule has 0 aliphatic rings. The summed E-state index contributed by atoms with van der Waals surface area (Å²) in [5, 5.41) is 6.13. The van der Waals surface area contributed by atoms with Crippen molar-refractivity contribution in [1.82, 2.24) is 10.6 Å². The summed E-state index contributed by atoms with van der Waals surface area (Å²) in [6.45, 7) is 10.2. The van der Waals surface area contributed by atoms with E-state index in [9.17, 15) is 4.79 Å². The van der Waals surface area contributed by atoms with Crippen molar-refractivity contribution in [3.63, 3.8) is 0 Å². The van der Waals surface area contributed by atoms with E-state index in [4.69, 9.17) is 4.42 Å². The number of aryl methyl sites for hydroxylation is 2. The lowest BCUT2D eigenvalue weighted by molar-refractivity contribution is 0.0952. The maximum Gasteiger partial charge on any atom is 0.255 e. The highest BCUT2D eigenvalue weighted by atomic mass is 16.3. The summed E-state index contributed by atoms with van der Waals surface area (Å²) in [5.41, 5.74) is 1.61. The fourth-order valence-electron chi connectivity index (χ4n) is 1.78. The normalized spacial score (nSPS) is 10.6. The molecule has 0 saturated heterocycles. The Labute approximate surface area is 103 Å². The van der Waals surface area contributed by atoms with Gasteiger partial charge in [-0.3, -0.25) is 4.79 Å². The average Bonchev–Trinajstić information content (AvgIpc) is 2.53. The molecule has 0 saturated carbocycles. The van der Waals surface area contributed by atoms with Crippen molar-refractivity contribution in [2.75, 3.05) is 19.6 Å². The molecule has 1 amide bonds. The van der Waals surface area contributed by atoms with Crippen molar-refractivity contribution in [2.45, 2.75) is 34.1 Å². The zero-order valence-electron chi connectivity index (χ0n) is 11.1. The molecule has 2 N–H and O–H groups in total. The molecule has 17 heavy (non-hydrogen) atoms. The molecule has 0 bridgehead atoms. The van der Waals surface area contributed by atoms with Gasteiger partial charge in [-0.2, -0.15) is 0 Å². The van der Waals surface area contributed by atoms with Crippen LogP contribution in [0.5, 0.6) is 0 Å².